The Morgan fingerprint density at radius 3 is 3.00 bits per heavy atom. The Kier molecular flexibility index (Phi) is 3.14. The molecule has 3 heterocycles. The van der Waals surface area contributed by atoms with E-state index in [1.807, 2.05) is 4.68 Å². The molecule has 0 saturated carbocycles. The third-order valence-corrected chi connectivity index (χ3v) is 3.23. The maximum atomic E-state index is 5.14. The molecule has 1 fully saturated rings. The van der Waals surface area contributed by atoms with Crippen LogP contribution in [-0.2, 0) is 4.84 Å². The van der Waals surface area contributed by atoms with E-state index in [4.69, 9.17) is 4.84 Å². The largest absolute Gasteiger partial charge is 0.369 e. The van der Waals surface area contributed by atoms with Crippen molar-refractivity contribution in [2.45, 2.75) is 31.5 Å². The Bertz CT molecular complexity index is 436. The molecule has 7 nitrogen and oxygen atoms in total. The van der Waals surface area contributed by atoms with Crippen molar-refractivity contribution >= 4 is 5.84 Å². The monoisotopic (exact) mass is 249 g/mol. The van der Waals surface area contributed by atoms with Crippen LogP contribution in [0.4, 0.5) is 0 Å². The molecule has 18 heavy (non-hydrogen) atoms. The smallest absolute Gasteiger partial charge is 0.220 e. The first-order valence-electron chi connectivity index (χ1n) is 6.28. The lowest BCUT2D eigenvalue weighted by atomic mass is 10.1. The zero-order valence-corrected chi connectivity index (χ0v) is 10.2. The van der Waals surface area contributed by atoms with Gasteiger partial charge in [-0.3, -0.25) is 0 Å². The summed E-state index contributed by atoms with van der Waals surface area (Å²) in [5.74, 6) is 1.18. The molecule has 2 aliphatic rings. The van der Waals surface area contributed by atoms with E-state index < -0.39 is 0 Å². The fourth-order valence-electron chi connectivity index (χ4n) is 2.18. The highest BCUT2D eigenvalue weighted by atomic mass is 16.7. The van der Waals surface area contributed by atoms with Gasteiger partial charge in [-0.1, -0.05) is 5.16 Å². The van der Waals surface area contributed by atoms with Crippen molar-refractivity contribution < 1.29 is 4.84 Å². The molecule has 2 N–H and O–H groups in total. The predicted molar refractivity (Wildman–Crippen MR) is 65.7 cm³/mol. The molecular weight excluding hydrogens is 232 g/mol. The molecule has 0 aliphatic carbocycles. The minimum absolute atomic E-state index is 0.161. The number of amidine groups is 1. The van der Waals surface area contributed by atoms with E-state index in [9.17, 15) is 0 Å². The maximum absolute atomic E-state index is 5.14. The Balaban J connectivity index is 1.70. The topological polar surface area (TPSA) is 76.4 Å². The van der Waals surface area contributed by atoms with E-state index in [1.54, 1.807) is 6.33 Å². The normalized spacial score (nSPS) is 24.5. The zero-order valence-electron chi connectivity index (χ0n) is 10.2. The molecule has 7 heteroatoms. The van der Waals surface area contributed by atoms with Gasteiger partial charge in [0, 0.05) is 6.42 Å². The van der Waals surface area contributed by atoms with E-state index in [2.05, 4.69) is 32.8 Å². The number of rotatable bonds is 3. The molecule has 3 rings (SSSR count). The molecular formula is C11H17N6O. The Hall–Kier alpha value is -1.63. The fourth-order valence-corrected chi connectivity index (χ4v) is 2.18. The third kappa shape index (κ3) is 2.17. The summed E-state index contributed by atoms with van der Waals surface area (Å²) in [6.45, 7) is 5.83. The lowest BCUT2D eigenvalue weighted by Crippen LogP contribution is -2.31. The molecule has 0 spiro atoms. The van der Waals surface area contributed by atoms with E-state index in [0.717, 1.165) is 25.9 Å². The second kappa shape index (κ2) is 4.93. The van der Waals surface area contributed by atoms with Crippen LogP contribution in [0, 0.1) is 6.92 Å². The van der Waals surface area contributed by atoms with Crippen LogP contribution in [0.25, 0.3) is 0 Å². The summed E-state index contributed by atoms with van der Waals surface area (Å²) >= 11 is 0. The van der Waals surface area contributed by atoms with Gasteiger partial charge in [-0.25, -0.2) is 9.67 Å². The van der Waals surface area contributed by atoms with Gasteiger partial charge >= 0.3 is 0 Å². The van der Waals surface area contributed by atoms with Gasteiger partial charge in [-0.05, 0) is 32.9 Å². The molecule has 2 aliphatic heterocycles. The summed E-state index contributed by atoms with van der Waals surface area (Å²) < 4.78 is 1.93. The van der Waals surface area contributed by atoms with Gasteiger partial charge in [0.1, 0.15) is 6.33 Å². The summed E-state index contributed by atoms with van der Waals surface area (Å²) in [6.07, 6.45) is 4.39. The summed E-state index contributed by atoms with van der Waals surface area (Å²) in [7, 11) is 0. The molecule has 0 bridgehead atoms. The number of oxime groups is 1. The number of piperidine rings is 1. The number of nitrogens with zero attached hydrogens (tertiary/aromatic N) is 4. The van der Waals surface area contributed by atoms with Crippen LogP contribution in [0.1, 0.15) is 31.1 Å². The lowest BCUT2D eigenvalue weighted by molar-refractivity contribution is 0.0750. The van der Waals surface area contributed by atoms with E-state index in [1.165, 1.54) is 0 Å². The number of hydrogen-bond acceptors (Lipinski definition) is 6. The molecule has 1 aromatic rings. The molecule has 1 aromatic heterocycles. The van der Waals surface area contributed by atoms with Crippen LogP contribution in [0.15, 0.2) is 11.5 Å². The van der Waals surface area contributed by atoms with Crippen molar-refractivity contribution in [1.29, 1.82) is 0 Å². The molecule has 1 atom stereocenters. The van der Waals surface area contributed by atoms with Crippen molar-refractivity contribution in [2.24, 2.45) is 5.16 Å². The summed E-state index contributed by atoms with van der Waals surface area (Å²) in [5.41, 5.74) is 0. The van der Waals surface area contributed by atoms with Gasteiger partial charge in [0.25, 0.3) is 0 Å². The maximum Gasteiger partial charge on any atom is 0.220 e. The Labute approximate surface area is 106 Å². The molecule has 0 amide bonds. The predicted octanol–water partition coefficient (Wildman–Crippen LogP) is 0.0343. The van der Waals surface area contributed by atoms with Crippen LogP contribution >= 0.6 is 0 Å². The molecule has 1 unspecified atom stereocenters. The van der Waals surface area contributed by atoms with Crippen molar-refractivity contribution in [3.8, 4) is 0 Å². The lowest BCUT2D eigenvalue weighted by Gasteiger charge is -2.22. The standard InChI is InChI=1S/C11H17N6O/c1-2-9-14-11(16-18-9)10-13-7-17(15-10)8-3-5-12-6-4-8/h7-9,12H,1-6H2,(H,14,16). The average Bonchev–Trinajstić information content (AvgIpc) is 3.08. The van der Waals surface area contributed by atoms with E-state index >= 15 is 0 Å². The average molecular weight is 249 g/mol. The number of aromatic nitrogens is 3. The molecule has 97 valence electrons. The summed E-state index contributed by atoms with van der Waals surface area (Å²) in [4.78, 5) is 9.42. The molecule has 1 saturated heterocycles. The first-order valence-corrected chi connectivity index (χ1v) is 6.28. The number of hydrogen-bond donors (Lipinski definition) is 2. The first-order chi connectivity index (χ1) is 8.86. The minimum atomic E-state index is -0.161. The van der Waals surface area contributed by atoms with Gasteiger partial charge in [-0.2, -0.15) is 0 Å². The Morgan fingerprint density at radius 2 is 2.28 bits per heavy atom. The second-order valence-electron chi connectivity index (χ2n) is 4.50. The van der Waals surface area contributed by atoms with Crippen LogP contribution in [-0.4, -0.2) is 39.9 Å². The minimum Gasteiger partial charge on any atom is -0.369 e. The van der Waals surface area contributed by atoms with Crippen LogP contribution in [0.5, 0.6) is 0 Å². The van der Waals surface area contributed by atoms with Crippen molar-refractivity contribution in [3.63, 3.8) is 0 Å². The van der Waals surface area contributed by atoms with Crippen LogP contribution in [0.3, 0.4) is 0 Å². The summed E-state index contributed by atoms with van der Waals surface area (Å²) in [5, 5.41) is 14.8. The van der Waals surface area contributed by atoms with Gasteiger partial charge in [-0.15, -0.1) is 5.10 Å². The van der Waals surface area contributed by atoms with Gasteiger partial charge in [0.05, 0.1) is 6.04 Å². The SMILES string of the molecule is [CH2]CC1NC(c2ncn(C3CCNCC3)n2)=NO1. The Morgan fingerprint density at radius 1 is 1.44 bits per heavy atom. The highest BCUT2D eigenvalue weighted by Gasteiger charge is 2.23. The van der Waals surface area contributed by atoms with Gasteiger partial charge in [0.15, 0.2) is 6.23 Å². The molecule has 1 radical (unpaired) electrons. The van der Waals surface area contributed by atoms with E-state index in [0.29, 0.717) is 24.1 Å². The quantitative estimate of drug-likeness (QED) is 0.790. The third-order valence-electron chi connectivity index (χ3n) is 3.23. The second-order valence-corrected chi connectivity index (χ2v) is 4.50. The van der Waals surface area contributed by atoms with Gasteiger partial charge < -0.3 is 15.5 Å². The van der Waals surface area contributed by atoms with E-state index in [-0.39, 0.29) is 6.23 Å². The fraction of sp³-hybridized carbons (Fsp3) is 0.636. The van der Waals surface area contributed by atoms with Crippen molar-refractivity contribution in [2.75, 3.05) is 13.1 Å². The van der Waals surface area contributed by atoms with Gasteiger partial charge in [0.2, 0.25) is 11.7 Å². The van der Waals surface area contributed by atoms with Crippen LogP contribution < -0.4 is 10.6 Å². The summed E-state index contributed by atoms with van der Waals surface area (Å²) in [6, 6.07) is 0.430. The highest BCUT2D eigenvalue weighted by Crippen LogP contribution is 2.17. The van der Waals surface area contributed by atoms with Crippen molar-refractivity contribution in [3.05, 3.63) is 19.1 Å². The first kappa shape index (κ1) is 11.5. The van der Waals surface area contributed by atoms with Crippen LogP contribution in [0.2, 0.25) is 0 Å². The zero-order chi connectivity index (χ0) is 12.4. The number of nitrogens with one attached hydrogen (secondary N) is 2. The highest BCUT2D eigenvalue weighted by molar-refractivity contribution is 5.95. The molecule has 0 aromatic carbocycles. The van der Waals surface area contributed by atoms with Crippen molar-refractivity contribution in [1.82, 2.24) is 25.4 Å².